The van der Waals surface area contributed by atoms with E-state index in [-0.39, 0.29) is 5.69 Å². The van der Waals surface area contributed by atoms with E-state index < -0.39 is 29.4 Å². The van der Waals surface area contributed by atoms with Crippen molar-refractivity contribution in [3.63, 3.8) is 0 Å². The normalized spacial score (nSPS) is 14.0. The Morgan fingerprint density at radius 1 is 1.07 bits per heavy atom. The number of rotatable bonds is 1. The minimum atomic E-state index is -4.90. The highest BCUT2D eigenvalue weighted by atomic mass is 19.4. The third-order valence-electron chi connectivity index (χ3n) is 1.77. The molecular weight excluding hydrogens is 219 g/mol. The summed E-state index contributed by atoms with van der Waals surface area (Å²) in [6.07, 6.45) is -4.90. The van der Waals surface area contributed by atoms with E-state index in [9.17, 15) is 22.0 Å². The van der Waals surface area contributed by atoms with Crippen molar-refractivity contribution in [3.8, 4) is 0 Å². The average Bonchev–Trinajstić information content (AvgIpc) is 1.99. The molecule has 0 saturated carbocycles. The van der Waals surface area contributed by atoms with Crippen LogP contribution in [0, 0.1) is 11.6 Å². The summed E-state index contributed by atoms with van der Waals surface area (Å²) in [4.78, 5) is 0. The van der Waals surface area contributed by atoms with Gasteiger partial charge in [-0.2, -0.15) is 13.2 Å². The number of benzene rings is 1. The van der Waals surface area contributed by atoms with Crippen molar-refractivity contribution in [2.24, 2.45) is 5.73 Å². The molecule has 0 radical (unpaired) electrons. The number of hydrogen-bond donors (Lipinski definition) is 2. The van der Waals surface area contributed by atoms with Gasteiger partial charge >= 0.3 is 6.18 Å². The van der Waals surface area contributed by atoms with Crippen LogP contribution in [0.3, 0.4) is 0 Å². The van der Waals surface area contributed by atoms with Gasteiger partial charge in [0.25, 0.3) is 0 Å². The van der Waals surface area contributed by atoms with Gasteiger partial charge < -0.3 is 11.5 Å². The maximum Gasteiger partial charge on any atom is 0.407 e. The molecule has 0 spiro atoms. The lowest BCUT2D eigenvalue weighted by Crippen LogP contribution is -2.30. The molecule has 0 heterocycles. The molecule has 0 aliphatic rings. The summed E-state index contributed by atoms with van der Waals surface area (Å²) in [5.41, 5.74) is 8.19. The zero-order valence-corrected chi connectivity index (χ0v) is 7.28. The van der Waals surface area contributed by atoms with Crippen molar-refractivity contribution in [2.75, 3.05) is 5.73 Å². The Balaban J connectivity index is 3.26. The van der Waals surface area contributed by atoms with Crippen molar-refractivity contribution >= 4 is 5.69 Å². The Morgan fingerprint density at radius 2 is 1.47 bits per heavy atom. The molecule has 0 aliphatic heterocycles. The fourth-order valence-electron chi connectivity index (χ4n) is 1.06. The van der Waals surface area contributed by atoms with Gasteiger partial charge in [-0.1, -0.05) is 0 Å². The Morgan fingerprint density at radius 3 is 1.80 bits per heavy atom. The van der Waals surface area contributed by atoms with Crippen LogP contribution in [0.15, 0.2) is 12.1 Å². The van der Waals surface area contributed by atoms with Crippen LogP contribution in [0.2, 0.25) is 0 Å². The van der Waals surface area contributed by atoms with Crippen LogP contribution in [0.4, 0.5) is 27.6 Å². The van der Waals surface area contributed by atoms with E-state index in [1.165, 1.54) is 0 Å². The molecule has 2 nitrogen and oxygen atoms in total. The van der Waals surface area contributed by atoms with E-state index in [0.717, 1.165) is 0 Å². The van der Waals surface area contributed by atoms with Gasteiger partial charge in [-0.05, 0) is 12.1 Å². The minimum Gasteiger partial charge on any atom is -0.399 e. The number of alkyl halides is 3. The third-order valence-corrected chi connectivity index (χ3v) is 1.77. The molecule has 4 N–H and O–H groups in total. The average molecular weight is 226 g/mol. The highest BCUT2D eigenvalue weighted by Gasteiger charge is 2.41. The van der Waals surface area contributed by atoms with Crippen LogP contribution < -0.4 is 11.5 Å². The fourth-order valence-corrected chi connectivity index (χ4v) is 1.06. The molecule has 0 saturated heterocycles. The van der Waals surface area contributed by atoms with E-state index in [1.54, 1.807) is 0 Å². The van der Waals surface area contributed by atoms with E-state index in [1.807, 2.05) is 0 Å². The number of nitrogens with two attached hydrogens (primary N) is 2. The van der Waals surface area contributed by atoms with Crippen molar-refractivity contribution < 1.29 is 22.0 Å². The molecular formula is C8H7F5N2. The largest absolute Gasteiger partial charge is 0.407 e. The lowest BCUT2D eigenvalue weighted by molar-refractivity contribution is -0.150. The summed E-state index contributed by atoms with van der Waals surface area (Å²) in [5, 5.41) is 0. The maximum absolute atomic E-state index is 13.0. The Kier molecular flexibility index (Phi) is 2.85. The summed E-state index contributed by atoms with van der Waals surface area (Å²) in [5.74, 6) is -2.81. The van der Waals surface area contributed by atoms with Gasteiger partial charge in [-0.15, -0.1) is 0 Å². The van der Waals surface area contributed by atoms with Crippen LogP contribution in [-0.2, 0) is 0 Å². The minimum absolute atomic E-state index is 0.303. The lowest BCUT2D eigenvalue weighted by atomic mass is 10.1. The zero-order valence-electron chi connectivity index (χ0n) is 7.28. The fraction of sp³-hybridized carbons (Fsp3) is 0.250. The van der Waals surface area contributed by atoms with Crippen molar-refractivity contribution in [3.05, 3.63) is 29.3 Å². The summed E-state index contributed by atoms with van der Waals surface area (Å²) < 4.78 is 62.3. The van der Waals surface area contributed by atoms with E-state index in [0.29, 0.717) is 12.1 Å². The second-order valence-electron chi connectivity index (χ2n) is 2.92. The molecule has 15 heavy (non-hydrogen) atoms. The Hall–Kier alpha value is -1.37. The quantitative estimate of drug-likeness (QED) is 0.569. The van der Waals surface area contributed by atoms with E-state index in [4.69, 9.17) is 5.73 Å². The summed E-state index contributed by atoms with van der Waals surface area (Å²) in [6.45, 7) is 0. The number of hydrogen-bond acceptors (Lipinski definition) is 2. The SMILES string of the molecule is Nc1cc(F)c([C@@H](N)C(F)(F)F)c(F)c1. The standard InChI is InChI=1S/C8H7F5N2/c9-4-1-3(14)2-5(10)6(4)7(15)8(11,12)13/h1-2,7H,14-15H2/t7-/m1/s1. The second-order valence-corrected chi connectivity index (χ2v) is 2.92. The first-order chi connectivity index (χ1) is 6.73. The number of halogens is 5. The van der Waals surface area contributed by atoms with Crippen molar-refractivity contribution in [2.45, 2.75) is 12.2 Å². The molecule has 0 fully saturated rings. The molecule has 1 aromatic carbocycles. The topological polar surface area (TPSA) is 52.0 Å². The van der Waals surface area contributed by atoms with Gasteiger partial charge in [0.05, 0.1) is 0 Å². The molecule has 0 amide bonds. The molecule has 1 atom stereocenters. The van der Waals surface area contributed by atoms with Crippen LogP contribution >= 0.6 is 0 Å². The molecule has 7 heteroatoms. The highest BCUT2D eigenvalue weighted by Crippen LogP contribution is 2.33. The van der Waals surface area contributed by atoms with E-state index in [2.05, 4.69) is 5.73 Å². The van der Waals surface area contributed by atoms with Gasteiger partial charge in [0.1, 0.15) is 17.7 Å². The predicted octanol–water partition coefficient (Wildman–Crippen LogP) is 2.11. The van der Waals surface area contributed by atoms with Crippen LogP contribution in [0.25, 0.3) is 0 Å². The Labute approximate surface area is 81.7 Å². The first kappa shape index (κ1) is 11.7. The van der Waals surface area contributed by atoms with Crippen molar-refractivity contribution in [1.29, 1.82) is 0 Å². The summed E-state index contributed by atoms with van der Waals surface area (Å²) in [7, 11) is 0. The third kappa shape index (κ3) is 2.35. The molecule has 84 valence electrons. The first-order valence-electron chi connectivity index (χ1n) is 3.80. The number of nitrogen functional groups attached to an aromatic ring is 1. The van der Waals surface area contributed by atoms with Gasteiger partial charge in [0, 0.05) is 11.3 Å². The molecule has 1 rings (SSSR count). The van der Waals surface area contributed by atoms with Gasteiger partial charge in [-0.3, -0.25) is 0 Å². The maximum atomic E-state index is 13.0. The number of anilines is 1. The predicted molar refractivity (Wildman–Crippen MR) is 43.8 cm³/mol. The second kappa shape index (κ2) is 3.65. The summed E-state index contributed by atoms with van der Waals surface area (Å²) >= 11 is 0. The molecule has 0 unspecified atom stereocenters. The molecule has 0 bridgehead atoms. The van der Waals surface area contributed by atoms with Gasteiger partial charge in [0.15, 0.2) is 0 Å². The lowest BCUT2D eigenvalue weighted by Gasteiger charge is -2.17. The van der Waals surface area contributed by atoms with Crippen LogP contribution in [-0.4, -0.2) is 6.18 Å². The van der Waals surface area contributed by atoms with Gasteiger partial charge in [0.2, 0.25) is 0 Å². The van der Waals surface area contributed by atoms with Crippen molar-refractivity contribution in [1.82, 2.24) is 0 Å². The van der Waals surface area contributed by atoms with Crippen LogP contribution in [0.5, 0.6) is 0 Å². The molecule has 1 aromatic rings. The molecule has 0 aromatic heterocycles. The van der Waals surface area contributed by atoms with Crippen LogP contribution in [0.1, 0.15) is 11.6 Å². The smallest absolute Gasteiger partial charge is 0.399 e. The Bertz CT molecular complexity index is 351. The monoisotopic (exact) mass is 226 g/mol. The van der Waals surface area contributed by atoms with E-state index >= 15 is 0 Å². The van der Waals surface area contributed by atoms with Gasteiger partial charge in [-0.25, -0.2) is 8.78 Å². The first-order valence-corrected chi connectivity index (χ1v) is 3.80. The summed E-state index contributed by atoms with van der Waals surface area (Å²) in [6, 6.07) is -1.52. The highest BCUT2D eigenvalue weighted by molar-refractivity contribution is 5.42. The zero-order chi connectivity index (χ0) is 11.8. The molecule has 0 aliphatic carbocycles.